The van der Waals surface area contributed by atoms with Crippen LogP contribution in [-0.4, -0.2) is 133 Å². The van der Waals surface area contributed by atoms with Crippen LogP contribution in [0.25, 0.3) is 11.1 Å². The minimum Gasteiger partial charge on any atom is -0.505 e. The van der Waals surface area contributed by atoms with E-state index in [2.05, 4.69) is 22.5 Å². The van der Waals surface area contributed by atoms with E-state index in [1.165, 1.54) is 4.90 Å². The molecule has 0 spiro atoms. The lowest BCUT2D eigenvalue weighted by molar-refractivity contribution is -0.142. The number of aliphatic hydroxyl groups is 3. The zero-order valence-corrected chi connectivity index (χ0v) is 35.8. The Kier molecular flexibility index (Phi) is 18.8. The highest BCUT2D eigenvalue weighted by Gasteiger charge is 2.38. The SMILES string of the molecule is C=C(O)C(F)(F)F.CC(C)(C)C(c1cc(-c2cc(F)ccc2F)cn1Cc1ccccc1)N(CCC(N)C(=O)N[C@H](CNC(=O)C(CO)NC(=O)CN1C(=O)C=CC1=O)C(=O)O)C(=O)CO. The predicted octanol–water partition coefficient (Wildman–Crippen LogP) is 1.82. The van der Waals surface area contributed by atoms with E-state index in [0.717, 1.165) is 35.9 Å². The number of nitrogens with two attached hydrogens (primary N) is 1. The zero-order valence-electron chi connectivity index (χ0n) is 35.8. The molecule has 18 nitrogen and oxygen atoms in total. The van der Waals surface area contributed by atoms with Crippen molar-refractivity contribution < 1.29 is 75.9 Å². The molecule has 3 aromatic rings. The van der Waals surface area contributed by atoms with Gasteiger partial charge < -0.3 is 51.6 Å². The number of aliphatic hydroxyl groups excluding tert-OH is 3. The quantitative estimate of drug-likeness (QED) is 0.0486. The van der Waals surface area contributed by atoms with E-state index in [0.29, 0.717) is 16.2 Å². The lowest BCUT2D eigenvalue weighted by Gasteiger charge is -2.41. The van der Waals surface area contributed by atoms with Crippen molar-refractivity contribution >= 4 is 41.4 Å². The molecule has 6 amide bonds. The number of nitrogens with zero attached hydrogens (tertiary/aromatic N) is 3. The summed E-state index contributed by atoms with van der Waals surface area (Å²) in [6.07, 6.45) is -1.34. The number of amides is 6. The second-order valence-corrected chi connectivity index (χ2v) is 15.8. The number of halogens is 5. The Morgan fingerprint density at radius 3 is 2.02 bits per heavy atom. The number of carbonyl (C=O) groups excluding carboxylic acids is 6. The van der Waals surface area contributed by atoms with Crippen molar-refractivity contribution in [2.24, 2.45) is 11.1 Å². The van der Waals surface area contributed by atoms with Crippen LogP contribution in [0.3, 0.4) is 0 Å². The Morgan fingerprint density at radius 2 is 1.48 bits per heavy atom. The third-order valence-corrected chi connectivity index (χ3v) is 9.71. The van der Waals surface area contributed by atoms with Crippen molar-refractivity contribution in [2.75, 3.05) is 32.8 Å². The summed E-state index contributed by atoms with van der Waals surface area (Å²) >= 11 is 0. The molecular formula is C43H50F5N7O11. The van der Waals surface area contributed by atoms with Crippen molar-refractivity contribution in [3.05, 3.63) is 108 Å². The van der Waals surface area contributed by atoms with Gasteiger partial charge in [0, 0.05) is 54.8 Å². The number of benzene rings is 2. The van der Waals surface area contributed by atoms with Crippen LogP contribution in [0, 0.1) is 17.0 Å². The Bertz CT molecular complexity index is 2280. The normalized spacial score (nSPS) is 14.3. The third kappa shape index (κ3) is 15.1. The van der Waals surface area contributed by atoms with Gasteiger partial charge in [0.2, 0.25) is 23.6 Å². The van der Waals surface area contributed by atoms with Crippen molar-refractivity contribution in [1.29, 1.82) is 0 Å². The van der Waals surface area contributed by atoms with Gasteiger partial charge in [0.05, 0.1) is 18.7 Å². The first-order valence-electron chi connectivity index (χ1n) is 19.8. The monoisotopic (exact) mass is 935 g/mol. The number of rotatable bonds is 19. The molecule has 2 aromatic carbocycles. The summed E-state index contributed by atoms with van der Waals surface area (Å²) in [7, 11) is 0. The summed E-state index contributed by atoms with van der Waals surface area (Å²) in [6.45, 7) is 4.45. The molecule has 23 heteroatoms. The molecule has 3 unspecified atom stereocenters. The van der Waals surface area contributed by atoms with Gasteiger partial charge in [0.15, 0.2) is 5.76 Å². The number of carboxylic acid groups (broad SMARTS) is 1. The number of carbonyl (C=O) groups is 7. The number of imide groups is 1. The minimum atomic E-state index is -4.64. The van der Waals surface area contributed by atoms with Crippen LogP contribution in [-0.2, 0) is 40.1 Å². The van der Waals surface area contributed by atoms with Crippen LogP contribution in [0.5, 0.6) is 0 Å². The molecule has 2 heterocycles. The summed E-state index contributed by atoms with van der Waals surface area (Å²) in [5.41, 5.74) is 7.08. The van der Waals surface area contributed by atoms with Crippen LogP contribution in [0.4, 0.5) is 22.0 Å². The van der Waals surface area contributed by atoms with Crippen LogP contribution < -0.4 is 21.7 Å². The molecule has 1 aromatic heterocycles. The topological polar surface area (TPSA) is 274 Å². The van der Waals surface area contributed by atoms with Gasteiger partial charge >= 0.3 is 12.1 Å². The Morgan fingerprint density at radius 1 is 0.879 bits per heavy atom. The fourth-order valence-electron chi connectivity index (χ4n) is 6.48. The van der Waals surface area contributed by atoms with Crippen LogP contribution >= 0.6 is 0 Å². The number of carboxylic acids is 1. The molecule has 0 saturated carbocycles. The summed E-state index contributed by atoms with van der Waals surface area (Å²) in [5.74, 6) is -9.91. The molecule has 0 radical (unpaired) electrons. The third-order valence-electron chi connectivity index (χ3n) is 9.71. The zero-order chi connectivity index (χ0) is 49.7. The molecular weight excluding hydrogens is 886 g/mol. The molecule has 0 bridgehead atoms. The molecule has 66 heavy (non-hydrogen) atoms. The molecule has 358 valence electrons. The van der Waals surface area contributed by atoms with Crippen molar-refractivity contribution in [3.8, 4) is 11.1 Å². The van der Waals surface area contributed by atoms with Gasteiger partial charge in [-0.2, -0.15) is 13.2 Å². The maximum absolute atomic E-state index is 15.1. The highest BCUT2D eigenvalue weighted by molar-refractivity contribution is 6.14. The highest BCUT2D eigenvalue weighted by atomic mass is 19.4. The number of hydrogen-bond donors (Lipinski definition) is 8. The Labute approximate surface area is 374 Å². The highest BCUT2D eigenvalue weighted by Crippen LogP contribution is 2.41. The summed E-state index contributed by atoms with van der Waals surface area (Å²) in [5, 5.41) is 43.7. The Hall–Kier alpha value is -6.98. The molecule has 0 fully saturated rings. The Balaban J connectivity index is 0.00000152. The van der Waals surface area contributed by atoms with E-state index in [9.17, 15) is 66.4 Å². The second-order valence-electron chi connectivity index (χ2n) is 15.8. The number of nitrogens with one attached hydrogen (secondary N) is 3. The largest absolute Gasteiger partial charge is 0.505 e. The first-order chi connectivity index (χ1) is 30.8. The van der Waals surface area contributed by atoms with Crippen molar-refractivity contribution in [2.45, 2.75) is 64.1 Å². The maximum atomic E-state index is 15.1. The van der Waals surface area contributed by atoms with E-state index in [4.69, 9.17) is 10.8 Å². The summed E-state index contributed by atoms with van der Waals surface area (Å²) in [4.78, 5) is 89.2. The van der Waals surface area contributed by atoms with Gasteiger partial charge in [-0.15, -0.1) is 0 Å². The van der Waals surface area contributed by atoms with Gasteiger partial charge in [-0.3, -0.25) is 33.7 Å². The van der Waals surface area contributed by atoms with Crippen molar-refractivity contribution in [1.82, 2.24) is 30.3 Å². The molecule has 4 atom stereocenters. The van der Waals surface area contributed by atoms with E-state index >= 15 is 4.39 Å². The average Bonchev–Trinajstić information content (AvgIpc) is 3.79. The number of aromatic nitrogens is 1. The smallest absolute Gasteiger partial charge is 0.448 e. The number of allylic oxidation sites excluding steroid dienone is 1. The van der Waals surface area contributed by atoms with E-state index in [1.807, 2.05) is 51.1 Å². The molecule has 0 aliphatic carbocycles. The van der Waals surface area contributed by atoms with Crippen LogP contribution in [0.15, 0.2) is 85.3 Å². The maximum Gasteiger partial charge on any atom is 0.448 e. The molecule has 1 aliphatic heterocycles. The van der Waals surface area contributed by atoms with Gasteiger partial charge in [-0.05, 0) is 41.7 Å². The first kappa shape index (κ1) is 53.4. The van der Waals surface area contributed by atoms with E-state index in [1.54, 1.807) is 16.8 Å². The predicted molar refractivity (Wildman–Crippen MR) is 224 cm³/mol. The van der Waals surface area contributed by atoms with E-state index < -0.39 is 121 Å². The summed E-state index contributed by atoms with van der Waals surface area (Å²) < 4.78 is 63.7. The van der Waals surface area contributed by atoms with E-state index in [-0.39, 0.29) is 25.1 Å². The lowest BCUT2D eigenvalue weighted by atomic mass is 9.82. The standard InChI is InChI=1S/C40H47F2N7O10.C3H3F3O/c1-40(2,3)36(31-15-24(26-16-25(41)9-10-27(26)42)19-47(31)18-23-7-5-4-6-8-23)48(35(55)22-51)14-13-28(43)37(56)46-29(39(58)59)17-44-38(57)30(21-50)45-32(52)20-49-33(53)11-12-34(49)54;1-2(7)3(4,5)6/h4-12,15-16,19,28-30,36,50-51H,13-14,17-18,20-22,43H2,1-3H3,(H,44,57)(H,45,52)(H,46,56)(H,58,59);7H,1H2/t28?,29-,30?,36?;/m1./s1. The number of alkyl halides is 3. The van der Waals surface area contributed by atoms with Gasteiger partial charge in [0.25, 0.3) is 11.8 Å². The van der Waals surface area contributed by atoms with Gasteiger partial charge in [-0.25, -0.2) is 13.6 Å². The lowest BCUT2D eigenvalue weighted by Crippen LogP contribution is -2.56. The van der Waals surface area contributed by atoms with Crippen molar-refractivity contribution in [3.63, 3.8) is 0 Å². The fourth-order valence-corrected chi connectivity index (χ4v) is 6.48. The number of hydrogen-bond acceptors (Lipinski definition) is 11. The first-order valence-corrected chi connectivity index (χ1v) is 19.8. The molecule has 9 N–H and O–H groups in total. The van der Waals surface area contributed by atoms with Gasteiger partial charge in [0.1, 0.15) is 36.9 Å². The molecule has 0 saturated heterocycles. The minimum absolute atomic E-state index is 0.0177. The second kappa shape index (κ2) is 23.3. The number of aliphatic carboxylic acids is 1. The average molecular weight is 936 g/mol. The van der Waals surface area contributed by atoms with Crippen LogP contribution in [0.2, 0.25) is 0 Å². The summed E-state index contributed by atoms with van der Waals surface area (Å²) in [6, 6.07) is 8.30. The fraction of sp³-hybridized carbons (Fsp3) is 0.372. The van der Waals surface area contributed by atoms with Gasteiger partial charge in [-0.1, -0.05) is 57.7 Å². The molecule has 4 rings (SSSR count). The molecule has 1 aliphatic rings. The van der Waals surface area contributed by atoms with Crippen LogP contribution in [0.1, 0.15) is 44.5 Å².